The summed E-state index contributed by atoms with van der Waals surface area (Å²) in [6.45, 7) is 18.3. The van der Waals surface area contributed by atoms with Gasteiger partial charge in [-0.3, -0.25) is 19.2 Å². The number of hydrogen-bond donors (Lipinski definition) is 1. The van der Waals surface area contributed by atoms with Crippen LogP contribution in [-0.2, 0) is 82.1 Å². The largest absolute Gasteiger partial charge is 0.460 e. The van der Waals surface area contributed by atoms with Crippen molar-refractivity contribution >= 4 is 88.5 Å². The molecule has 0 spiro atoms. The molecule has 2 N–H and O–H groups in total. The molecular weight excluding hydrogens is 1010 g/mol. The molecule has 6 aromatic rings. The molecule has 404 valence electrons. The third kappa shape index (κ3) is 12.3. The smallest absolute Gasteiger partial charge is 0.329 e. The average Bonchev–Trinajstić information content (AvgIpc) is 4.07. The number of carbonyl (C=O) groups excluding carboxylic acids is 5. The van der Waals surface area contributed by atoms with Crippen molar-refractivity contribution in [2.24, 2.45) is 37.1 Å². The molecule has 2 aromatic carbocycles. The summed E-state index contributed by atoms with van der Waals surface area (Å²) >= 11 is 0. The van der Waals surface area contributed by atoms with Crippen LogP contribution in [0.3, 0.4) is 0 Å². The van der Waals surface area contributed by atoms with Crippen molar-refractivity contribution in [3.8, 4) is 0 Å². The van der Waals surface area contributed by atoms with E-state index < -0.39 is 28.5 Å². The van der Waals surface area contributed by atoms with Crippen LogP contribution in [0, 0.1) is 31.1 Å². The lowest BCUT2D eigenvalue weighted by molar-refractivity contribution is -0.733. The summed E-state index contributed by atoms with van der Waals surface area (Å²) < 4.78 is 28.9. The summed E-state index contributed by atoms with van der Waals surface area (Å²) in [5, 5.41) is 2.07. The summed E-state index contributed by atoms with van der Waals surface area (Å²) in [5.41, 5.74) is 9.85. The molecule has 0 aliphatic heterocycles. The predicted molar refractivity (Wildman–Crippen MR) is 292 cm³/mol. The predicted octanol–water partition coefficient (Wildman–Crippen LogP) is 9.36. The number of imidazole rings is 2. The average molecular weight is 1080 g/mol. The number of hydrogen-bond acceptors (Lipinski definition) is 9. The maximum absolute atomic E-state index is 13.6. The van der Waals surface area contributed by atoms with Crippen molar-refractivity contribution in [2.75, 3.05) is 0 Å². The van der Waals surface area contributed by atoms with Crippen LogP contribution in [0.1, 0.15) is 137 Å². The third-order valence-corrected chi connectivity index (χ3v) is 15.5. The zero-order valence-corrected chi connectivity index (χ0v) is 47.5. The fourth-order valence-electron chi connectivity index (χ4n) is 10.5. The second kappa shape index (κ2) is 24.9. The molecule has 2 aliphatic carbocycles. The van der Waals surface area contributed by atoms with E-state index in [1.54, 1.807) is 0 Å². The van der Waals surface area contributed by atoms with Crippen LogP contribution in [0.5, 0.6) is 0 Å². The Morgan fingerprint density at radius 2 is 1.05 bits per heavy atom. The number of halogens is 3. The maximum atomic E-state index is 13.6. The first-order valence-corrected chi connectivity index (χ1v) is 25.4. The Morgan fingerprint density at radius 1 is 0.649 bits per heavy atom. The van der Waals surface area contributed by atoms with Crippen molar-refractivity contribution in [1.82, 2.24) is 18.3 Å². The molecule has 18 heteroatoms. The molecule has 74 heavy (non-hydrogen) atoms. The monoisotopic (exact) mass is 1080 g/mol. The van der Waals surface area contributed by atoms with Gasteiger partial charge in [0.05, 0.1) is 23.7 Å². The van der Waals surface area contributed by atoms with Crippen molar-refractivity contribution in [3.05, 3.63) is 107 Å². The van der Waals surface area contributed by atoms with Gasteiger partial charge in [-0.15, -0.1) is 37.2 Å². The van der Waals surface area contributed by atoms with Crippen molar-refractivity contribution in [2.45, 2.75) is 158 Å². The highest BCUT2D eigenvalue weighted by Gasteiger charge is 2.41. The first-order valence-electron chi connectivity index (χ1n) is 25.4. The number of ketones is 2. The van der Waals surface area contributed by atoms with Gasteiger partial charge in [0.1, 0.15) is 49.0 Å². The second-order valence-electron chi connectivity index (χ2n) is 20.7. The Hall–Kier alpha value is -5.48. The molecule has 4 heterocycles. The van der Waals surface area contributed by atoms with Crippen molar-refractivity contribution in [3.63, 3.8) is 0 Å². The lowest BCUT2D eigenvalue weighted by Gasteiger charge is -2.29. The molecule has 2 aliphatic rings. The molecule has 0 radical (unpaired) electrons. The Morgan fingerprint density at radius 3 is 1.45 bits per heavy atom. The standard InChI is InChI=1S/C31H42N3O5.C25H33N4O3.3ClH/c1-8-31(9-2,18-26(35)39-30(4,5)6)29(37)38-20-34-17-16-33(21(34)3)19-22-14-15-25-27(28(22)36)23-12-10-11-13-24(23)32(25)7;1-5-25(26,6-2)24(31)32-16-29-14-13-28(17(29)3)15-18-11-12-21-22(23(18)30)19-9-7-8-10-20(19)27(21)4;;;/h10-13,16-17,22H,8-9,14-15,18-20H2,1-7H3;7-10,13-14,18H,5-6,11-12,15-16,26H2,1-4H3;3*1H/q2*+1;;;. The van der Waals surface area contributed by atoms with Crippen LogP contribution in [0.2, 0.25) is 0 Å². The highest BCUT2D eigenvalue weighted by molar-refractivity contribution is 6.12. The Kier molecular flexibility index (Phi) is 20.6. The number of benzene rings is 2. The molecule has 4 aromatic heterocycles. The summed E-state index contributed by atoms with van der Waals surface area (Å²) in [5.74, 6) is 0.862. The van der Waals surface area contributed by atoms with E-state index in [-0.39, 0.29) is 86.5 Å². The van der Waals surface area contributed by atoms with Gasteiger partial charge in [0.15, 0.2) is 11.6 Å². The Labute approximate surface area is 454 Å². The van der Waals surface area contributed by atoms with Gasteiger partial charge in [0.2, 0.25) is 13.5 Å². The number of esters is 3. The number of ether oxygens (including phenoxy) is 3. The first-order chi connectivity index (χ1) is 33.7. The lowest BCUT2D eigenvalue weighted by atomic mass is 9.79. The molecule has 2 unspecified atom stereocenters. The Balaban J connectivity index is 0.000000313. The number of para-hydroxylation sites is 2. The van der Waals surface area contributed by atoms with Gasteiger partial charge >= 0.3 is 17.9 Å². The van der Waals surface area contributed by atoms with Gasteiger partial charge in [-0.25, -0.2) is 13.9 Å². The summed E-state index contributed by atoms with van der Waals surface area (Å²) in [7, 11) is 4.08. The van der Waals surface area contributed by atoms with Gasteiger partial charge in [0.25, 0.3) is 11.6 Å². The van der Waals surface area contributed by atoms with Crippen LogP contribution in [0.15, 0.2) is 73.3 Å². The molecule has 0 saturated heterocycles. The van der Waals surface area contributed by atoms with Crippen LogP contribution in [0.4, 0.5) is 0 Å². The number of nitrogens with zero attached hydrogens (tertiary/aromatic N) is 6. The molecule has 0 bridgehead atoms. The number of fused-ring (bicyclic) bond motifs is 6. The zero-order chi connectivity index (χ0) is 51.6. The molecule has 2 atom stereocenters. The van der Waals surface area contributed by atoms with Gasteiger partial charge in [0, 0.05) is 72.3 Å². The number of carbonyl (C=O) groups is 5. The fourth-order valence-corrected chi connectivity index (χ4v) is 10.5. The van der Waals surface area contributed by atoms with Crippen molar-refractivity contribution in [1.29, 1.82) is 0 Å². The Bertz CT molecular complexity index is 2970. The zero-order valence-electron chi connectivity index (χ0n) is 45.0. The van der Waals surface area contributed by atoms with E-state index in [2.05, 4.69) is 30.4 Å². The maximum Gasteiger partial charge on any atom is 0.329 e. The van der Waals surface area contributed by atoms with Gasteiger partial charge in [-0.2, -0.15) is 9.13 Å². The normalized spacial score (nSPS) is 15.5. The van der Waals surface area contributed by atoms with E-state index >= 15 is 0 Å². The minimum Gasteiger partial charge on any atom is -0.460 e. The number of aryl methyl sites for hydroxylation is 2. The number of rotatable bonds is 16. The number of nitrogens with two attached hydrogens (primary N) is 1. The van der Waals surface area contributed by atoms with E-state index in [9.17, 15) is 24.0 Å². The minimum atomic E-state index is -0.943. The molecule has 15 nitrogen and oxygen atoms in total. The fraction of sp³-hybridized carbons (Fsp3) is 0.518. The molecular formula is C56H78Cl3N7O8+2. The van der Waals surface area contributed by atoms with Crippen LogP contribution < -0.4 is 14.9 Å². The van der Waals surface area contributed by atoms with Gasteiger partial charge in [-0.1, -0.05) is 64.1 Å². The molecule has 8 rings (SSSR count). The van der Waals surface area contributed by atoms with Gasteiger partial charge in [-0.05, 0) is 84.3 Å². The summed E-state index contributed by atoms with van der Waals surface area (Å²) in [4.78, 5) is 65.2. The van der Waals surface area contributed by atoms with E-state index in [0.29, 0.717) is 38.8 Å². The quantitative estimate of drug-likeness (QED) is 0.0565. The number of Topliss-reactive ketones (excluding diaryl/α,β-unsaturated/α-hetero) is 2. The van der Waals surface area contributed by atoms with Crippen LogP contribution in [0.25, 0.3) is 21.8 Å². The lowest BCUT2D eigenvalue weighted by Crippen LogP contribution is -2.50. The van der Waals surface area contributed by atoms with Crippen LogP contribution >= 0.6 is 37.2 Å². The molecule has 0 amide bonds. The van der Waals surface area contributed by atoms with Crippen LogP contribution in [-0.4, -0.2) is 58.9 Å². The number of aromatic nitrogens is 6. The minimum absolute atomic E-state index is 0. The van der Waals surface area contributed by atoms with Gasteiger partial charge < -0.3 is 29.1 Å². The molecule has 0 saturated carbocycles. The topological polar surface area (TPSA) is 167 Å². The van der Waals surface area contributed by atoms with E-state index in [1.165, 1.54) is 0 Å². The van der Waals surface area contributed by atoms with E-state index in [0.717, 1.165) is 81.7 Å². The highest BCUT2D eigenvalue weighted by Crippen LogP contribution is 2.37. The van der Waals surface area contributed by atoms with E-state index in [1.807, 2.05) is 147 Å². The molecule has 0 fully saturated rings. The summed E-state index contributed by atoms with van der Waals surface area (Å²) in [6, 6.07) is 16.2. The van der Waals surface area contributed by atoms with E-state index in [4.69, 9.17) is 19.9 Å². The first kappa shape index (κ1) is 61.1. The third-order valence-electron chi connectivity index (χ3n) is 15.5. The second-order valence-corrected chi connectivity index (χ2v) is 20.7. The van der Waals surface area contributed by atoms with Crippen molar-refractivity contribution < 1.29 is 47.3 Å². The highest BCUT2D eigenvalue weighted by atomic mass is 35.5. The summed E-state index contributed by atoms with van der Waals surface area (Å²) in [6.07, 6.45) is 13.0. The SMILES string of the molecule is CCC(CC)(CC(=O)OC(C)(C)C)C(=O)OC[n+]1ccn(CC2CCc3c(c4ccccc4n3C)C2=O)c1C.CCC(N)(CC)C(=O)OC[n+]1ccn(CC2CCc3c(c4ccccc4n3C)C2=O)c1C.Cl.Cl.Cl.